The summed E-state index contributed by atoms with van der Waals surface area (Å²) in [7, 11) is 1.68. The van der Waals surface area contributed by atoms with Crippen LogP contribution in [0.15, 0.2) is 46.9 Å². The van der Waals surface area contributed by atoms with Crippen LogP contribution in [-0.4, -0.2) is 7.11 Å². The Morgan fingerprint density at radius 2 is 1.84 bits per heavy atom. The lowest BCUT2D eigenvalue weighted by molar-refractivity contribution is 0.414. The Balaban J connectivity index is 2.05. The molecule has 2 aromatic carbocycles. The minimum Gasteiger partial charge on any atom is -0.497 e. The number of benzene rings is 2. The second-order valence-corrected chi connectivity index (χ2v) is 5.22. The number of halogens is 1. The summed E-state index contributed by atoms with van der Waals surface area (Å²) < 4.78 is 6.33. The fourth-order valence-corrected chi connectivity index (χ4v) is 2.26. The highest BCUT2D eigenvalue weighted by molar-refractivity contribution is 9.10. The van der Waals surface area contributed by atoms with Crippen molar-refractivity contribution in [1.29, 1.82) is 0 Å². The highest BCUT2D eigenvalue weighted by atomic mass is 79.9. The highest BCUT2D eigenvalue weighted by Gasteiger charge is 2.02. The molecule has 0 atom stereocenters. The summed E-state index contributed by atoms with van der Waals surface area (Å²) in [6.45, 7) is 2.93. The topological polar surface area (TPSA) is 21.3 Å². The molecule has 19 heavy (non-hydrogen) atoms. The normalized spacial score (nSPS) is 10.3. The van der Waals surface area contributed by atoms with Crippen LogP contribution in [0.5, 0.6) is 5.75 Å². The maximum absolute atomic E-state index is 5.24. The van der Waals surface area contributed by atoms with E-state index in [0.29, 0.717) is 0 Å². The van der Waals surface area contributed by atoms with Crippen molar-refractivity contribution in [2.75, 3.05) is 12.4 Å². The first kappa shape index (κ1) is 13.9. The Kier molecular flexibility index (Phi) is 4.86. The van der Waals surface area contributed by atoms with Gasteiger partial charge >= 0.3 is 0 Å². The molecule has 0 fully saturated rings. The van der Waals surface area contributed by atoms with Crippen LogP contribution in [0, 0.1) is 0 Å². The SMILES string of the molecule is CCc1ccc(NCc2cc(OC)ccc2Br)cc1. The van der Waals surface area contributed by atoms with E-state index in [0.717, 1.165) is 28.9 Å². The van der Waals surface area contributed by atoms with Crippen molar-refractivity contribution in [3.63, 3.8) is 0 Å². The zero-order valence-corrected chi connectivity index (χ0v) is 12.8. The Morgan fingerprint density at radius 3 is 2.47 bits per heavy atom. The molecule has 0 aliphatic heterocycles. The lowest BCUT2D eigenvalue weighted by Crippen LogP contribution is -2.00. The molecule has 0 radical (unpaired) electrons. The average Bonchev–Trinajstić information content (AvgIpc) is 2.47. The fraction of sp³-hybridized carbons (Fsp3) is 0.250. The number of rotatable bonds is 5. The second kappa shape index (κ2) is 6.62. The molecule has 0 spiro atoms. The molecule has 100 valence electrons. The number of hydrogen-bond donors (Lipinski definition) is 1. The van der Waals surface area contributed by atoms with E-state index in [-0.39, 0.29) is 0 Å². The third kappa shape index (κ3) is 3.74. The summed E-state index contributed by atoms with van der Waals surface area (Å²) in [5.74, 6) is 0.876. The van der Waals surface area contributed by atoms with Crippen LogP contribution in [0.2, 0.25) is 0 Å². The number of anilines is 1. The van der Waals surface area contributed by atoms with Crippen molar-refractivity contribution in [2.45, 2.75) is 19.9 Å². The largest absolute Gasteiger partial charge is 0.497 e. The van der Waals surface area contributed by atoms with Crippen molar-refractivity contribution in [3.05, 3.63) is 58.1 Å². The molecule has 2 aromatic rings. The first-order chi connectivity index (χ1) is 9.22. The van der Waals surface area contributed by atoms with Gasteiger partial charge in [0.15, 0.2) is 0 Å². The predicted octanol–water partition coefficient (Wildman–Crippen LogP) is 4.63. The van der Waals surface area contributed by atoms with Crippen LogP contribution in [0.25, 0.3) is 0 Å². The summed E-state index contributed by atoms with van der Waals surface area (Å²) in [6.07, 6.45) is 1.07. The summed E-state index contributed by atoms with van der Waals surface area (Å²) in [4.78, 5) is 0. The van der Waals surface area contributed by atoms with E-state index in [9.17, 15) is 0 Å². The zero-order chi connectivity index (χ0) is 13.7. The van der Waals surface area contributed by atoms with Crippen LogP contribution in [0.3, 0.4) is 0 Å². The minimum absolute atomic E-state index is 0.767. The van der Waals surface area contributed by atoms with Gasteiger partial charge < -0.3 is 10.1 Å². The van der Waals surface area contributed by atoms with Gasteiger partial charge in [-0.15, -0.1) is 0 Å². The van der Waals surface area contributed by atoms with E-state index >= 15 is 0 Å². The molecule has 0 amide bonds. The van der Waals surface area contributed by atoms with Gasteiger partial charge in [-0.25, -0.2) is 0 Å². The number of ether oxygens (including phenoxy) is 1. The van der Waals surface area contributed by atoms with Gasteiger partial charge in [0.05, 0.1) is 7.11 Å². The molecule has 0 saturated carbocycles. The van der Waals surface area contributed by atoms with Crippen molar-refractivity contribution in [3.8, 4) is 5.75 Å². The molecule has 2 rings (SSSR count). The molecule has 0 saturated heterocycles. The van der Waals surface area contributed by atoms with Crippen molar-refractivity contribution in [1.82, 2.24) is 0 Å². The maximum Gasteiger partial charge on any atom is 0.119 e. The number of hydrogen-bond acceptors (Lipinski definition) is 2. The van der Waals surface area contributed by atoms with Gasteiger partial charge in [0.1, 0.15) is 5.75 Å². The monoisotopic (exact) mass is 319 g/mol. The minimum atomic E-state index is 0.767. The van der Waals surface area contributed by atoms with Crippen LogP contribution in [-0.2, 0) is 13.0 Å². The quantitative estimate of drug-likeness (QED) is 0.867. The Morgan fingerprint density at radius 1 is 1.11 bits per heavy atom. The van der Waals surface area contributed by atoms with E-state index in [1.807, 2.05) is 18.2 Å². The zero-order valence-electron chi connectivity index (χ0n) is 11.2. The Labute approximate surface area is 122 Å². The van der Waals surface area contributed by atoms with Gasteiger partial charge in [0.25, 0.3) is 0 Å². The summed E-state index contributed by atoms with van der Waals surface area (Å²) in [5, 5.41) is 3.42. The summed E-state index contributed by atoms with van der Waals surface area (Å²) in [6, 6.07) is 14.5. The van der Waals surface area contributed by atoms with Crippen LogP contribution >= 0.6 is 15.9 Å². The molecule has 0 aromatic heterocycles. The van der Waals surface area contributed by atoms with E-state index in [1.165, 1.54) is 11.1 Å². The molecule has 0 aliphatic rings. The second-order valence-electron chi connectivity index (χ2n) is 4.36. The summed E-state index contributed by atoms with van der Waals surface area (Å²) in [5.41, 5.74) is 3.67. The lowest BCUT2D eigenvalue weighted by Gasteiger charge is -2.10. The first-order valence-corrected chi connectivity index (χ1v) is 7.17. The van der Waals surface area contributed by atoms with E-state index in [2.05, 4.69) is 52.4 Å². The van der Waals surface area contributed by atoms with Crippen LogP contribution in [0.4, 0.5) is 5.69 Å². The Bertz CT molecular complexity index is 537. The molecule has 0 aliphatic carbocycles. The Hall–Kier alpha value is -1.48. The van der Waals surface area contributed by atoms with Crippen molar-refractivity contribution >= 4 is 21.6 Å². The van der Waals surface area contributed by atoms with Crippen LogP contribution in [0.1, 0.15) is 18.1 Å². The smallest absolute Gasteiger partial charge is 0.119 e. The molecular formula is C16H18BrNO. The van der Waals surface area contributed by atoms with Gasteiger partial charge in [0.2, 0.25) is 0 Å². The third-order valence-electron chi connectivity index (χ3n) is 3.10. The molecule has 3 heteroatoms. The molecule has 0 heterocycles. The predicted molar refractivity (Wildman–Crippen MR) is 83.8 cm³/mol. The van der Waals surface area contributed by atoms with E-state index in [1.54, 1.807) is 7.11 Å². The fourth-order valence-electron chi connectivity index (χ4n) is 1.87. The lowest BCUT2D eigenvalue weighted by atomic mass is 10.1. The van der Waals surface area contributed by atoms with Gasteiger partial charge in [-0.05, 0) is 47.9 Å². The third-order valence-corrected chi connectivity index (χ3v) is 3.87. The van der Waals surface area contributed by atoms with E-state index in [4.69, 9.17) is 4.74 Å². The molecule has 1 N–H and O–H groups in total. The number of nitrogens with one attached hydrogen (secondary N) is 1. The van der Waals surface area contributed by atoms with Gasteiger partial charge in [-0.3, -0.25) is 0 Å². The van der Waals surface area contributed by atoms with Crippen LogP contribution < -0.4 is 10.1 Å². The van der Waals surface area contributed by atoms with E-state index < -0.39 is 0 Å². The van der Waals surface area contributed by atoms with Gasteiger partial charge in [0, 0.05) is 16.7 Å². The standard InChI is InChI=1S/C16H18BrNO/c1-3-12-4-6-14(7-5-12)18-11-13-10-15(19-2)8-9-16(13)17/h4-10,18H,3,11H2,1-2H3. The molecule has 2 nitrogen and oxygen atoms in total. The maximum atomic E-state index is 5.24. The van der Waals surface area contributed by atoms with Gasteiger partial charge in [-0.2, -0.15) is 0 Å². The van der Waals surface area contributed by atoms with Crippen molar-refractivity contribution < 1.29 is 4.74 Å². The van der Waals surface area contributed by atoms with Gasteiger partial charge in [-0.1, -0.05) is 35.0 Å². The molecule has 0 bridgehead atoms. The molecule has 0 unspecified atom stereocenters. The first-order valence-electron chi connectivity index (χ1n) is 6.38. The molecular weight excluding hydrogens is 302 g/mol. The summed E-state index contributed by atoms with van der Waals surface area (Å²) >= 11 is 3.56. The number of aryl methyl sites for hydroxylation is 1. The number of methoxy groups -OCH3 is 1. The van der Waals surface area contributed by atoms with Crippen molar-refractivity contribution in [2.24, 2.45) is 0 Å². The highest BCUT2D eigenvalue weighted by Crippen LogP contribution is 2.23. The average molecular weight is 320 g/mol.